The van der Waals surface area contributed by atoms with Gasteiger partial charge in [-0.2, -0.15) is 5.26 Å². The Bertz CT molecular complexity index is 1260. The first kappa shape index (κ1) is 23.1. The number of furan rings is 1. The first-order chi connectivity index (χ1) is 15.3. The smallest absolute Gasteiger partial charge is 0.287 e. The van der Waals surface area contributed by atoms with E-state index in [0.29, 0.717) is 22.6 Å². The lowest BCUT2D eigenvalue weighted by atomic mass is 10.2. The van der Waals surface area contributed by atoms with Crippen molar-refractivity contribution in [2.75, 3.05) is 13.1 Å². The summed E-state index contributed by atoms with van der Waals surface area (Å²) in [7, 11) is -3.68. The van der Waals surface area contributed by atoms with Crippen molar-refractivity contribution in [3.8, 4) is 11.8 Å². The van der Waals surface area contributed by atoms with Gasteiger partial charge in [-0.15, -0.1) is 0 Å². The van der Waals surface area contributed by atoms with Gasteiger partial charge in [0.2, 0.25) is 10.0 Å². The number of hydrogen-bond donors (Lipinski definition) is 2. The highest BCUT2D eigenvalue weighted by molar-refractivity contribution is 7.89. The molecule has 1 heterocycles. The molecule has 3 aromatic rings. The molecule has 3 rings (SSSR count). The number of amides is 1. The van der Waals surface area contributed by atoms with Crippen molar-refractivity contribution in [1.82, 2.24) is 10.0 Å². The van der Waals surface area contributed by atoms with E-state index in [0.717, 1.165) is 5.56 Å². The molecule has 1 amide bonds. The SMILES string of the molecule is Cc1ccc(C)c(S(=O)(=O)NCCNC(=O)c2ccc(COc3ccccc3C#N)o2)c1. The standard InChI is InChI=1S/C23H23N3O5S/c1-16-7-8-17(2)22(13-16)32(28,29)26-12-11-25-23(27)21-10-9-19(31-21)15-30-20-6-4-3-5-18(20)14-24/h3-10,13,26H,11-12,15H2,1-2H3,(H,25,27). The average Bonchev–Trinajstić information content (AvgIpc) is 3.26. The minimum absolute atomic E-state index is 0.0308. The number of ether oxygens (including phenoxy) is 1. The minimum atomic E-state index is -3.68. The van der Waals surface area contributed by atoms with Gasteiger partial charge in [-0.1, -0.05) is 24.3 Å². The average molecular weight is 454 g/mol. The molecular formula is C23H23N3O5S. The van der Waals surface area contributed by atoms with E-state index in [2.05, 4.69) is 10.0 Å². The molecule has 0 saturated heterocycles. The van der Waals surface area contributed by atoms with Gasteiger partial charge in [0.25, 0.3) is 5.91 Å². The molecule has 0 unspecified atom stereocenters. The van der Waals surface area contributed by atoms with Crippen LogP contribution in [0, 0.1) is 25.2 Å². The summed E-state index contributed by atoms with van der Waals surface area (Å²) in [5.41, 5.74) is 1.90. The van der Waals surface area contributed by atoms with Crippen molar-refractivity contribution in [3.63, 3.8) is 0 Å². The summed E-state index contributed by atoms with van der Waals surface area (Å²) < 4.78 is 38.5. The number of rotatable bonds is 9. The third kappa shape index (κ3) is 5.75. The van der Waals surface area contributed by atoms with E-state index >= 15 is 0 Å². The summed E-state index contributed by atoms with van der Waals surface area (Å²) in [6.45, 7) is 3.73. The number of benzene rings is 2. The van der Waals surface area contributed by atoms with Gasteiger partial charge in [-0.05, 0) is 55.3 Å². The number of nitriles is 1. The monoisotopic (exact) mass is 453 g/mol. The lowest BCUT2D eigenvalue weighted by Crippen LogP contribution is -2.34. The lowest BCUT2D eigenvalue weighted by molar-refractivity contribution is 0.0922. The molecule has 8 nitrogen and oxygen atoms in total. The van der Waals surface area contributed by atoms with Crippen LogP contribution in [0.15, 0.2) is 63.9 Å². The van der Waals surface area contributed by atoms with E-state index in [1.807, 2.05) is 19.1 Å². The van der Waals surface area contributed by atoms with Crippen molar-refractivity contribution in [2.24, 2.45) is 0 Å². The molecule has 0 spiro atoms. The van der Waals surface area contributed by atoms with E-state index in [-0.39, 0.29) is 30.4 Å². The summed E-state index contributed by atoms with van der Waals surface area (Å²) >= 11 is 0. The zero-order valence-corrected chi connectivity index (χ0v) is 18.5. The molecule has 0 saturated carbocycles. The maximum Gasteiger partial charge on any atom is 0.287 e. The molecule has 2 N–H and O–H groups in total. The second-order valence-electron chi connectivity index (χ2n) is 7.09. The molecule has 0 aliphatic heterocycles. The highest BCUT2D eigenvalue weighted by Gasteiger charge is 2.17. The van der Waals surface area contributed by atoms with Gasteiger partial charge >= 0.3 is 0 Å². The number of carbonyl (C=O) groups excluding carboxylic acids is 1. The van der Waals surface area contributed by atoms with Crippen molar-refractivity contribution >= 4 is 15.9 Å². The Morgan fingerprint density at radius 3 is 2.66 bits per heavy atom. The fraction of sp³-hybridized carbons (Fsp3) is 0.217. The number of aryl methyl sites for hydroxylation is 2. The van der Waals surface area contributed by atoms with Gasteiger partial charge in [-0.25, -0.2) is 13.1 Å². The summed E-state index contributed by atoms with van der Waals surface area (Å²) in [5, 5.41) is 11.7. The van der Waals surface area contributed by atoms with Gasteiger partial charge < -0.3 is 14.5 Å². The molecule has 0 atom stereocenters. The molecule has 2 aromatic carbocycles. The highest BCUT2D eigenvalue weighted by atomic mass is 32.2. The lowest BCUT2D eigenvalue weighted by Gasteiger charge is -2.10. The van der Waals surface area contributed by atoms with Crippen LogP contribution < -0.4 is 14.8 Å². The predicted molar refractivity (Wildman–Crippen MR) is 118 cm³/mol. The van der Waals surface area contributed by atoms with Gasteiger partial charge in [-0.3, -0.25) is 4.79 Å². The molecule has 0 bridgehead atoms. The van der Waals surface area contributed by atoms with Crippen LogP contribution in [0.1, 0.15) is 33.0 Å². The first-order valence-corrected chi connectivity index (χ1v) is 11.3. The number of nitrogens with one attached hydrogen (secondary N) is 2. The van der Waals surface area contributed by atoms with E-state index in [4.69, 9.17) is 14.4 Å². The number of hydrogen-bond acceptors (Lipinski definition) is 6. The Morgan fingerprint density at radius 2 is 1.88 bits per heavy atom. The molecule has 0 aliphatic carbocycles. The molecule has 0 radical (unpaired) electrons. The van der Waals surface area contributed by atoms with Crippen LogP contribution in [0.5, 0.6) is 5.75 Å². The minimum Gasteiger partial charge on any atom is -0.484 e. The predicted octanol–water partition coefficient (Wildman–Crippen LogP) is 3.06. The maximum atomic E-state index is 12.5. The summed E-state index contributed by atoms with van der Waals surface area (Å²) in [6, 6.07) is 17.2. The number of nitrogens with zero attached hydrogens (tertiary/aromatic N) is 1. The number of sulfonamides is 1. The molecule has 166 valence electrons. The van der Waals surface area contributed by atoms with Crippen LogP contribution in [-0.2, 0) is 16.6 Å². The summed E-state index contributed by atoms with van der Waals surface area (Å²) in [5.74, 6) is 0.446. The van der Waals surface area contributed by atoms with Crippen molar-refractivity contribution < 1.29 is 22.4 Å². The quantitative estimate of drug-likeness (QED) is 0.480. The van der Waals surface area contributed by atoms with Gasteiger partial charge in [0.15, 0.2) is 5.76 Å². The Kier molecular flexibility index (Phi) is 7.30. The fourth-order valence-electron chi connectivity index (χ4n) is 2.93. The third-order valence-electron chi connectivity index (χ3n) is 4.60. The highest BCUT2D eigenvalue weighted by Crippen LogP contribution is 2.19. The van der Waals surface area contributed by atoms with Gasteiger partial charge in [0.05, 0.1) is 10.5 Å². The van der Waals surface area contributed by atoms with Crippen molar-refractivity contribution in [3.05, 3.63) is 82.8 Å². The second-order valence-corrected chi connectivity index (χ2v) is 8.82. The van der Waals surface area contributed by atoms with E-state index in [9.17, 15) is 13.2 Å². The van der Waals surface area contributed by atoms with E-state index < -0.39 is 15.9 Å². The third-order valence-corrected chi connectivity index (χ3v) is 6.20. The molecule has 32 heavy (non-hydrogen) atoms. The molecular weight excluding hydrogens is 430 g/mol. The molecule has 9 heteroatoms. The number of para-hydroxylation sites is 1. The zero-order valence-electron chi connectivity index (χ0n) is 17.7. The van der Waals surface area contributed by atoms with Crippen LogP contribution in [0.25, 0.3) is 0 Å². The Balaban J connectivity index is 1.49. The van der Waals surface area contributed by atoms with Gasteiger partial charge in [0.1, 0.15) is 24.2 Å². The van der Waals surface area contributed by atoms with E-state index in [1.165, 1.54) is 6.07 Å². The number of carbonyl (C=O) groups is 1. The van der Waals surface area contributed by atoms with Crippen molar-refractivity contribution in [1.29, 1.82) is 5.26 Å². The molecule has 0 fully saturated rings. The summed E-state index contributed by atoms with van der Waals surface area (Å²) in [6.07, 6.45) is 0. The second kappa shape index (κ2) is 10.1. The van der Waals surface area contributed by atoms with Crippen molar-refractivity contribution in [2.45, 2.75) is 25.3 Å². The Labute approximate surface area is 186 Å². The van der Waals surface area contributed by atoms with Crippen LogP contribution in [0.2, 0.25) is 0 Å². The van der Waals surface area contributed by atoms with Gasteiger partial charge in [0, 0.05) is 13.1 Å². The zero-order chi connectivity index (χ0) is 23.1. The van der Waals surface area contributed by atoms with Crippen LogP contribution in [0.4, 0.5) is 0 Å². The van der Waals surface area contributed by atoms with Crippen LogP contribution in [-0.4, -0.2) is 27.4 Å². The van der Waals surface area contributed by atoms with Crippen LogP contribution in [0.3, 0.4) is 0 Å². The van der Waals surface area contributed by atoms with Crippen LogP contribution >= 0.6 is 0 Å². The maximum absolute atomic E-state index is 12.5. The largest absolute Gasteiger partial charge is 0.484 e. The normalized spacial score (nSPS) is 11.0. The molecule has 1 aromatic heterocycles. The first-order valence-electron chi connectivity index (χ1n) is 9.86. The van der Waals surface area contributed by atoms with E-state index in [1.54, 1.807) is 49.4 Å². The topological polar surface area (TPSA) is 121 Å². The summed E-state index contributed by atoms with van der Waals surface area (Å²) in [4.78, 5) is 12.5. The Hall–Kier alpha value is -3.61. The molecule has 0 aliphatic rings. The fourth-order valence-corrected chi connectivity index (χ4v) is 4.29. The Morgan fingerprint density at radius 1 is 1.09 bits per heavy atom.